The molecule has 1 saturated heterocycles. The molecule has 2 amide bonds. The third-order valence-electron chi connectivity index (χ3n) is 9.04. The molecule has 1 aromatic rings. The topological polar surface area (TPSA) is 53.6 Å². The van der Waals surface area contributed by atoms with E-state index in [1.807, 2.05) is 7.05 Å². The smallest absolute Gasteiger partial charge is 0.317 e. The standard InChI is InChI=1S/C30H49N3O2/c1-3-35-19-10-16-26-21-30(28(26)25-14-8-5-9-15-25)17-11-18-33(23-30)29(34)32-27(22-31-2)20-24-12-6-4-7-13-24/h5,8-9,14-15,24,26-28,31H,3-4,6-7,10-13,16-23H2,1-2H3,(H,32,34)/t26?,27-,28?,30?/m0/s1. The highest BCUT2D eigenvalue weighted by Gasteiger charge is 2.55. The molecule has 0 bridgehead atoms. The van der Waals surface area contributed by atoms with Crippen LogP contribution in [0.4, 0.5) is 4.79 Å². The predicted molar refractivity (Wildman–Crippen MR) is 144 cm³/mol. The highest BCUT2D eigenvalue weighted by atomic mass is 16.5. The first-order chi connectivity index (χ1) is 17.1. The lowest BCUT2D eigenvalue weighted by molar-refractivity contribution is -0.0468. The van der Waals surface area contributed by atoms with Crippen molar-refractivity contribution in [3.8, 4) is 0 Å². The van der Waals surface area contributed by atoms with E-state index < -0.39 is 0 Å². The summed E-state index contributed by atoms with van der Waals surface area (Å²) in [5, 5.41) is 6.77. The summed E-state index contributed by atoms with van der Waals surface area (Å²) in [5.41, 5.74) is 1.70. The summed E-state index contributed by atoms with van der Waals surface area (Å²) in [4.78, 5) is 15.6. The maximum atomic E-state index is 13.5. The zero-order valence-electron chi connectivity index (χ0n) is 22.3. The molecule has 1 heterocycles. The Morgan fingerprint density at radius 1 is 1.17 bits per heavy atom. The van der Waals surface area contributed by atoms with Gasteiger partial charge < -0.3 is 20.3 Å². The van der Waals surface area contributed by atoms with Gasteiger partial charge in [0.05, 0.1) is 0 Å². The summed E-state index contributed by atoms with van der Waals surface area (Å²) in [6.45, 7) is 6.38. The number of likely N-dealkylation sites (tertiary alicyclic amines) is 1. The first-order valence-corrected chi connectivity index (χ1v) is 14.5. The molecule has 1 aromatic carbocycles. The van der Waals surface area contributed by atoms with Crippen LogP contribution in [0.15, 0.2) is 30.3 Å². The van der Waals surface area contributed by atoms with Gasteiger partial charge in [-0.1, -0.05) is 62.4 Å². The molecular weight excluding hydrogens is 434 g/mol. The Kier molecular flexibility index (Phi) is 9.91. The first kappa shape index (κ1) is 26.5. The summed E-state index contributed by atoms with van der Waals surface area (Å²) in [6.07, 6.45) is 13.8. The first-order valence-electron chi connectivity index (χ1n) is 14.5. The molecule has 0 aromatic heterocycles. The highest BCUT2D eigenvalue weighted by molar-refractivity contribution is 5.74. The Labute approximate surface area is 213 Å². The van der Waals surface area contributed by atoms with E-state index in [1.165, 1.54) is 56.9 Å². The van der Waals surface area contributed by atoms with Crippen LogP contribution in [0.5, 0.6) is 0 Å². The van der Waals surface area contributed by atoms with E-state index in [9.17, 15) is 4.79 Å². The molecule has 4 rings (SSSR count). The van der Waals surface area contributed by atoms with E-state index in [1.54, 1.807) is 0 Å². The third-order valence-corrected chi connectivity index (χ3v) is 9.04. The van der Waals surface area contributed by atoms with Crippen LogP contribution in [-0.2, 0) is 4.74 Å². The second-order valence-corrected chi connectivity index (χ2v) is 11.5. The quantitative estimate of drug-likeness (QED) is 0.382. The van der Waals surface area contributed by atoms with Crippen LogP contribution >= 0.6 is 0 Å². The number of urea groups is 1. The largest absolute Gasteiger partial charge is 0.382 e. The second-order valence-electron chi connectivity index (χ2n) is 11.5. The zero-order valence-corrected chi connectivity index (χ0v) is 22.3. The van der Waals surface area contributed by atoms with Gasteiger partial charge in [-0.3, -0.25) is 0 Å². The fourth-order valence-corrected chi connectivity index (χ4v) is 7.54. The number of nitrogens with zero attached hydrogens (tertiary/aromatic N) is 1. The number of ether oxygens (including phenoxy) is 1. The number of nitrogens with one attached hydrogen (secondary N) is 2. The highest BCUT2D eigenvalue weighted by Crippen LogP contribution is 2.62. The van der Waals surface area contributed by atoms with Crippen molar-refractivity contribution in [2.45, 2.75) is 89.5 Å². The molecule has 1 aliphatic heterocycles. The monoisotopic (exact) mass is 483 g/mol. The number of rotatable bonds is 11. The fourth-order valence-electron chi connectivity index (χ4n) is 7.54. The SMILES string of the molecule is CCOCCCC1CC2(CCCN(C(=O)N[C@H](CNC)CC3CCCCC3)C2)C1c1ccccc1. The van der Waals surface area contributed by atoms with Gasteiger partial charge in [0.2, 0.25) is 0 Å². The number of amides is 2. The van der Waals surface area contributed by atoms with Crippen molar-refractivity contribution in [1.82, 2.24) is 15.5 Å². The minimum atomic E-state index is 0.159. The molecule has 2 N–H and O–H groups in total. The minimum Gasteiger partial charge on any atom is -0.382 e. The van der Waals surface area contributed by atoms with Gasteiger partial charge in [0, 0.05) is 38.9 Å². The van der Waals surface area contributed by atoms with Crippen LogP contribution < -0.4 is 10.6 Å². The molecule has 3 fully saturated rings. The Balaban J connectivity index is 1.39. The lowest BCUT2D eigenvalue weighted by atomic mass is 9.48. The van der Waals surface area contributed by atoms with Crippen LogP contribution in [0, 0.1) is 17.3 Å². The third kappa shape index (κ3) is 6.80. The maximum absolute atomic E-state index is 13.5. The number of hydrogen-bond acceptors (Lipinski definition) is 3. The number of likely N-dealkylation sites (N-methyl/N-ethyl adjacent to an activating group) is 1. The summed E-state index contributed by atoms with van der Waals surface area (Å²) < 4.78 is 5.62. The molecular formula is C30H49N3O2. The van der Waals surface area contributed by atoms with Gasteiger partial charge in [0.1, 0.15) is 0 Å². The molecule has 1 spiro atoms. The summed E-state index contributed by atoms with van der Waals surface area (Å²) in [6, 6.07) is 11.5. The number of piperidine rings is 1. The number of carbonyl (C=O) groups is 1. The Morgan fingerprint density at radius 2 is 1.97 bits per heavy atom. The van der Waals surface area contributed by atoms with E-state index in [4.69, 9.17) is 4.74 Å². The van der Waals surface area contributed by atoms with Gasteiger partial charge >= 0.3 is 6.03 Å². The fraction of sp³-hybridized carbons (Fsp3) is 0.767. The predicted octanol–water partition coefficient (Wildman–Crippen LogP) is 5.96. The average molecular weight is 484 g/mol. The van der Waals surface area contributed by atoms with E-state index in [0.717, 1.165) is 58.0 Å². The Morgan fingerprint density at radius 3 is 2.71 bits per heavy atom. The zero-order chi connectivity index (χ0) is 24.5. The number of benzene rings is 1. The van der Waals surface area contributed by atoms with Gasteiger partial charge in [-0.05, 0) is 81.2 Å². The molecule has 5 nitrogen and oxygen atoms in total. The van der Waals surface area contributed by atoms with E-state index in [0.29, 0.717) is 11.8 Å². The van der Waals surface area contributed by atoms with E-state index >= 15 is 0 Å². The van der Waals surface area contributed by atoms with Crippen molar-refractivity contribution >= 4 is 6.03 Å². The van der Waals surface area contributed by atoms with Gasteiger partial charge in [0.25, 0.3) is 0 Å². The summed E-state index contributed by atoms with van der Waals surface area (Å²) in [7, 11) is 2.00. The van der Waals surface area contributed by atoms with Crippen LogP contribution in [0.2, 0.25) is 0 Å². The van der Waals surface area contributed by atoms with Crippen molar-refractivity contribution < 1.29 is 9.53 Å². The lowest BCUT2D eigenvalue weighted by Gasteiger charge is -2.59. The normalized spacial score (nSPS) is 28.0. The minimum absolute atomic E-state index is 0.159. The van der Waals surface area contributed by atoms with Crippen molar-refractivity contribution in [2.24, 2.45) is 17.3 Å². The molecule has 4 atom stereocenters. The molecule has 196 valence electrons. The molecule has 35 heavy (non-hydrogen) atoms. The van der Waals surface area contributed by atoms with Crippen LogP contribution in [0.1, 0.15) is 89.0 Å². The molecule has 2 aliphatic carbocycles. The molecule has 3 unspecified atom stereocenters. The van der Waals surface area contributed by atoms with E-state index in [2.05, 4.69) is 52.8 Å². The molecule has 0 radical (unpaired) electrons. The Bertz CT molecular complexity index is 766. The van der Waals surface area contributed by atoms with Gasteiger partial charge in [-0.2, -0.15) is 0 Å². The van der Waals surface area contributed by atoms with Crippen molar-refractivity contribution in [1.29, 1.82) is 0 Å². The lowest BCUT2D eigenvalue weighted by Crippen LogP contribution is -2.59. The van der Waals surface area contributed by atoms with Gasteiger partial charge in [-0.15, -0.1) is 0 Å². The Hall–Kier alpha value is -1.59. The molecule has 3 aliphatic rings. The second kappa shape index (κ2) is 13.1. The van der Waals surface area contributed by atoms with Crippen LogP contribution in [0.25, 0.3) is 0 Å². The molecule has 5 heteroatoms. The average Bonchev–Trinajstić information content (AvgIpc) is 2.87. The van der Waals surface area contributed by atoms with Gasteiger partial charge in [-0.25, -0.2) is 4.79 Å². The van der Waals surface area contributed by atoms with Crippen molar-refractivity contribution in [3.05, 3.63) is 35.9 Å². The number of carbonyl (C=O) groups excluding carboxylic acids is 1. The molecule has 2 saturated carbocycles. The van der Waals surface area contributed by atoms with Crippen molar-refractivity contribution in [2.75, 3.05) is 39.9 Å². The van der Waals surface area contributed by atoms with Crippen molar-refractivity contribution in [3.63, 3.8) is 0 Å². The van der Waals surface area contributed by atoms with E-state index in [-0.39, 0.29) is 17.5 Å². The summed E-state index contributed by atoms with van der Waals surface area (Å²) >= 11 is 0. The summed E-state index contributed by atoms with van der Waals surface area (Å²) in [5.74, 6) is 2.02. The maximum Gasteiger partial charge on any atom is 0.317 e. The number of hydrogen-bond donors (Lipinski definition) is 2. The van der Waals surface area contributed by atoms with Crippen LogP contribution in [-0.4, -0.2) is 56.9 Å². The van der Waals surface area contributed by atoms with Gasteiger partial charge in [0.15, 0.2) is 0 Å². The van der Waals surface area contributed by atoms with Crippen LogP contribution in [0.3, 0.4) is 0 Å².